The third-order valence-electron chi connectivity index (χ3n) is 3.40. The highest BCUT2D eigenvalue weighted by molar-refractivity contribution is 6.29. The van der Waals surface area contributed by atoms with Gasteiger partial charge in [0, 0.05) is 25.4 Å². The number of carbonyl (C=O) groups is 2. The lowest BCUT2D eigenvalue weighted by molar-refractivity contribution is -0.158. The number of nitrogens with zero attached hydrogens (tertiary/aromatic N) is 3. The van der Waals surface area contributed by atoms with Crippen LogP contribution >= 0.6 is 11.6 Å². The summed E-state index contributed by atoms with van der Waals surface area (Å²) in [6.45, 7) is -1.33. The number of carbonyl (C=O) groups excluding carboxylic acids is 2. The van der Waals surface area contributed by atoms with Gasteiger partial charge in [0.1, 0.15) is 17.7 Å². The molecule has 1 aliphatic heterocycles. The lowest BCUT2D eigenvalue weighted by Crippen LogP contribution is -2.44. The Bertz CT molecular complexity index is 594. The first-order chi connectivity index (χ1) is 10.2. The van der Waals surface area contributed by atoms with E-state index < -0.39 is 30.6 Å². The minimum Gasteiger partial charge on any atom is -0.332 e. The molecule has 1 unspecified atom stereocenters. The number of aromatic nitrogens is 1. The number of hydrogen-bond donors (Lipinski definition) is 0. The lowest BCUT2D eigenvalue weighted by atomic mass is 10.1. The van der Waals surface area contributed by atoms with Crippen molar-refractivity contribution in [2.75, 3.05) is 20.1 Å². The van der Waals surface area contributed by atoms with Crippen LogP contribution in [0.1, 0.15) is 16.8 Å². The number of likely N-dealkylation sites (tertiary alicyclic amines) is 1. The quantitative estimate of drug-likeness (QED) is 0.794. The molecule has 0 bridgehead atoms. The second-order valence-electron chi connectivity index (χ2n) is 4.96. The van der Waals surface area contributed by atoms with Gasteiger partial charge in [0.05, 0.1) is 0 Å². The van der Waals surface area contributed by atoms with E-state index in [1.165, 1.54) is 25.4 Å². The largest absolute Gasteiger partial charge is 0.406 e. The molecule has 0 N–H and O–H groups in total. The number of alkyl halides is 3. The van der Waals surface area contributed by atoms with Gasteiger partial charge in [-0.15, -0.1) is 0 Å². The molecule has 0 aromatic carbocycles. The van der Waals surface area contributed by atoms with Gasteiger partial charge in [0.15, 0.2) is 0 Å². The molecule has 22 heavy (non-hydrogen) atoms. The molecule has 0 radical (unpaired) electrons. The Morgan fingerprint density at radius 2 is 2.23 bits per heavy atom. The predicted molar refractivity (Wildman–Crippen MR) is 72.4 cm³/mol. The molecular weight excluding hydrogens is 323 g/mol. The summed E-state index contributed by atoms with van der Waals surface area (Å²) in [7, 11) is 1.39. The van der Waals surface area contributed by atoms with Gasteiger partial charge < -0.3 is 9.80 Å². The zero-order valence-electron chi connectivity index (χ0n) is 11.6. The minimum absolute atomic E-state index is 0.0300. The molecule has 0 aliphatic carbocycles. The molecule has 1 saturated heterocycles. The molecule has 1 fully saturated rings. The van der Waals surface area contributed by atoms with Gasteiger partial charge in [-0.25, -0.2) is 4.98 Å². The van der Waals surface area contributed by atoms with E-state index in [2.05, 4.69) is 4.98 Å². The summed E-state index contributed by atoms with van der Waals surface area (Å²) >= 11 is 5.70. The van der Waals surface area contributed by atoms with Crippen LogP contribution in [0.5, 0.6) is 0 Å². The zero-order valence-corrected chi connectivity index (χ0v) is 12.4. The van der Waals surface area contributed by atoms with E-state index >= 15 is 0 Å². The maximum Gasteiger partial charge on any atom is 0.406 e. The van der Waals surface area contributed by atoms with Gasteiger partial charge in [0.2, 0.25) is 5.91 Å². The Morgan fingerprint density at radius 3 is 2.82 bits per heavy atom. The van der Waals surface area contributed by atoms with Gasteiger partial charge in [-0.3, -0.25) is 9.59 Å². The molecule has 9 heteroatoms. The Labute approximate surface area is 129 Å². The van der Waals surface area contributed by atoms with E-state index in [9.17, 15) is 22.8 Å². The van der Waals surface area contributed by atoms with Crippen molar-refractivity contribution >= 4 is 23.4 Å². The number of rotatable bonds is 3. The van der Waals surface area contributed by atoms with Crippen LogP contribution in [0.3, 0.4) is 0 Å². The van der Waals surface area contributed by atoms with Crippen molar-refractivity contribution < 1.29 is 22.8 Å². The number of amides is 2. The maximum atomic E-state index is 12.4. The summed E-state index contributed by atoms with van der Waals surface area (Å²) in [5.41, 5.74) is 0.226. The summed E-state index contributed by atoms with van der Waals surface area (Å²) in [5, 5.41) is 0.121. The van der Waals surface area contributed by atoms with Crippen molar-refractivity contribution in [1.29, 1.82) is 0 Å². The molecule has 2 amide bonds. The number of halogens is 4. The summed E-state index contributed by atoms with van der Waals surface area (Å²) in [5.74, 6) is -1.19. The van der Waals surface area contributed by atoms with E-state index in [0.717, 1.165) is 4.90 Å². The maximum absolute atomic E-state index is 12.4. The second-order valence-corrected chi connectivity index (χ2v) is 5.35. The minimum atomic E-state index is -4.45. The monoisotopic (exact) mass is 335 g/mol. The van der Waals surface area contributed by atoms with Crippen LogP contribution < -0.4 is 0 Å². The van der Waals surface area contributed by atoms with Crippen molar-refractivity contribution in [1.82, 2.24) is 14.8 Å². The Hall–Kier alpha value is -1.83. The Kier molecular flexibility index (Phi) is 4.60. The molecule has 1 aromatic heterocycles. The third-order valence-corrected chi connectivity index (χ3v) is 3.61. The zero-order chi connectivity index (χ0) is 16.5. The van der Waals surface area contributed by atoms with Crippen LogP contribution in [0, 0.1) is 0 Å². The molecule has 1 aliphatic rings. The van der Waals surface area contributed by atoms with Crippen LogP contribution in [0.2, 0.25) is 5.15 Å². The van der Waals surface area contributed by atoms with Crippen molar-refractivity contribution in [3.8, 4) is 0 Å². The van der Waals surface area contributed by atoms with E-state index in [1.807, 2.05) is 0 Å². The fourth-order valence-corrected chi connectivity index (χ4v) is 2.51. The molecule has 0 spiro atoms. The Balaban J connectivity index is 2.09. The molecular formula is C13H13ClF3N3O2. The molecule has 1 aromatic rings. The van der Waals surface area contributed by atoms with Gasteiger partial charge in [0.25, 0.3) is 5.91 Å². The smallest absolute Gasteiger partial charge is 0.332 e. The Morgan fingerprint density at radius 1 is 1.55 bits per heavy atom. The van der Waals surface area contributed by atoms with Crippen molar-refractivity contribution in [2.45, 2.75) is 18.6 Å². The summed E-state index contributed by atoms with van der Waals surface area (Å²) < 4.78 is 37.1. The fraction of sp³-hybridized carbons (Fsp3) is 0.462. The van der Waals surface area contributed by atoms with E-state index in [4.69, 9.17) is 11.6 Å². The molecule has 2 heterocycles. The number of hydrogen-bond acceptors (Lipinski definition) is 3. The van der Waals surface area contributed by atoms with E-state index in [1.54, 1.807) is 0 Å². The average molecular weight is 336 g/mol. The van der Waals surface area contributed by atoms with Gasteiger partial charge in [-0.2, -0.15) is 13.2 Å². The first-order valence-electron chi connectivity index (χ1n) is 6.43. The SMILES string of the molecule is CN(C(=O)c1ccnc(Cl)c1)C1CCN(CC(F)(F)F)C1=O. The standard InChI is InChI=1S/C13H13ClF3N3O2/c1-19(11(21)8-2-4-18-10(14)6-8)9-3-5-20(12(9)22)7-13(15,16)17/h2,4,6,9H,3,5,7H2,1H3. The van der Waals surface area contributed by atoms with Crippen molar-refractivity contribution in [2.24, 2.45) is 0 Å². The first kappa shape index (κ1) is 16.5. The molecule has 5 nitrogen and oxygen atoms in total. The molecule has 0 saturated carbocycles. The van der Waals surface area contributed by atoms with Gasteiger partial charge in [-0.05, 0) is 18.6 Å². The van der Waals surface area contributed by atoms with Crippen LogP contribution in [0.15, 0.2) is 18.3 Å². The van der Waals surface area contributed by atoms with Crippen LogP contribution in [-0.2, 0) is 4.79 Å². The normalized spacial score (nSPS) is 18.7. The highest BCUT2D eigenvalue weighted by Gasteiger charge is 2.41. The van der Waals surface area contributed by atoms with Crippen molar-refractivity contribution in [3.05, 3.63) is 29.0 Å². The van der Waals surface area contributed by atoms with Gasteiger partial charge in [-0.1, -0.05) is 11.6 Å². The molecule has 1 atom stereocenters. The third kappa shape index (κ3) is 3.68. The average Bonchev–Trinajstić information content (AvgIpc) is 2.77. The number of likely N-dealkylation sites (N-methyl/N-ethyl adjacent to an activating group) is 1. The number of pyridine rings is 1. The van der Waals surface area contributed by atoms with E-state index in [0.29, 0.717) is 4.90 Å². The van der Waals surface area contributed by atoms with E-state index in [-0.39, 0.29) is 23.7 Å². The van der Waals surface area contributed by atoms with Gasteiger partial charge >= 0.3 is 6.18 Å². The highest BCUT2D eigenvalue weighted by atomic mass is 35.5. The second kappa shape index (κ2) is 6.12. The van der Waals surface area contributed by atoms with Crippen LogP contribution in [-0.4, -0.2) is 59.0 Å². The predicted octanol–water partition coefficient (Wildman–Crippen LogP) is 1.97. The van der Waals surface area contributed by atoms with Crippen LogP contribution in [0.25, 0.3) is 0 Å². The summed E-state index contributed by atoms with van der Waals surface area (Å²) in [6, 6.07) is 1.87. The fourth-order valence-electron chi connectivity index (χ4n) is 2.34. The van der Waals surface area contributed by atoms with Crippen LogP contribution in [0.4, 0.5) is 13.2 Å². The summed E-state index contributed by atoms with van der Waals surface area (Å²) in [4.78, 5) is 29.9. The molecule has 2 rings (SSSR count). The van der Waals surface area contributed by atoms with Crippen molar-refractivity contribution in [3.63, 3.8) is 0 Å². The topological polar surface area (TPSA) is 53.5 Å². The first-order valence-corrected chi connectivity index (χ1v) is 6.81. The highest BCUT2D eigenvalue weighted by Crippen LogP contribution is 2.23. The summed E-state index contributed by atoms with van der Waals surface area (Å²) in [6.07, 6.45) is -2.95. The lowest BCUT2D eigenvalue weighted by Gasteiger charge is -2.24. The molecule has 120 valence electrons.